The number of furan rings is 1. The van der Waals surface area contributed by atoms with Crippen LogP contribution in [0.3, 0.4) is 0 Å². The average molecular weight is 287 g/mol. The quantitative estimate of drug-likeness (QED) is 0.861. The monoisotopic (exact) mass is 287 g/mol. The van der Waals surface area contributed by atoms with Gasteiger partial charge in [-0.25, -0.2) is 4.79 Å². The molecule has 0 bridgehead atoms. The number of hydroxylamine groups is 1. The van der Waals surface area contributed by atoms with E-state index in [9.17, 15) is 9.59 Å². The van der Waals surface area contributed by atoms with Gasteiger partial charge in [-0.3, -0.25) is 4.79 Å². The van der Waals surface area contributed by atoms with E-state index < -0.39 is 5.91 Å². The Morgan fingerprint density at radius 1 is 1.14 bits per heavy atom. The standard InChI is InChI=1S/C16H17NO4/c18-15(14-13-9-5-4-8-12(13)10-20-14)17-21-16(19)11-6-2-1-3-7-11/h4-5,8-11H,1-3,6-7H2,(H,17,18). The molecule has 0 unspecified atom stereocenters. The molecule has 1 heterocycles. The van der Waals surface area contributed by atoms with Crippen LogP contribution in [0.5, 0.6) is 0 Å². The first-order chi connectivity index (χ1) is 10.3. The Labute approximate surface area is 122 Å². The fraction of sp³-hybridized carbons (Fsp3) is 0.375. The van der Waals surface area contributed by atoms with E-state index in [0.29, 0.717) is 5.39 Å². The molecular weight excluding hydrogens is 270 g/mol. The Morgan fingerprint density at radius 3 is 2.71 bits per heavy atom. The first-order valence-corrected chi connectivity index (χ1v) is 7.23. The Hall–Kier alpha value is -2.30. The van der Waals surface area contributed by atoms with Gasteiger partial charge in [0.05, 0.1) is 12.2 Å². The summed E-state index contributed by atoms with van der Waals surface area (Å²) in [6.07, 6.45) is 6.41. The third-order valence-electron chi connectivity index (χ3n) is 3.90. The van der Waals surface area contributed by atoms with Crippen molar-refractivity contribution in [1.82, 2.24) is 5.48 Å². The summed E-state index contributed by atoms with van der Waals surface area (Å²) in [5.41, 5.74) is 2.19. The minimum atomic E-state index is -0.541. The van der Waals surface area contributed by atoms with Crippen LogP contribution in [-0.2, 0) is 9.63 Å². The fourth-order valence-electron chi connectivity index (χ4n) is 2.73. The molecule has 0 aliphatic heterocycles. The summed E-state index contributed by atoms with van der Waals surface area (Å²) in [7, 11) is 0. The van der Waals surface area contributed by atoms with E-state index in [1.807, 2.05) is 18.2 Å². The SMILES string of the molecule is O=C(NOC(=O)C1CCCCC1)c1occ2ccccc12. The Balaban J connectivity index is 1.62. The van der Waals surface area contributed by atoms with Crippen molar-refractivity contribution in [2.24, 2.45) is 5.92 Å². The molecule has 1 N–H and O–H groups in total. The summed E-state index contributed by atoms with van der Waals surface area (Å²) >= 11 is 0. The minimum absolute atomic E-state index is 0.104. The lowest BCUT2D eigenvalue weighted by Gasteiger charge is -2.19. The smallest absolute Gasteiger partial charge is 0.335 e. The predicted molar refractivity (Wildman–Crippen MR) is 76.3 cm³/mol. The van der Waals surface area contributed by atoms with E-state index in [-0.39, 0.29) is 17.6 Å². The van der Waals surface area contributed by atoms with Crippen molar-refractivity contribution < 1.29 is 18.8 Å². The van der Waals surface area contributed by atoms with Crippen molar-refractivity contribution >= 4 is 22.6 Å². The van der Waals surface area contributed by atoms with Crippen LogP contribution in [0.1, 0.15) is 42.7 Å². The van der Waals surface area contributed by atoms with Gasteiger partial charge in [0.25, 0.3) is 0 Å². The number of benzene rings is 1. The van der Waals surface area contributed by atoms with Crippen LogP contribution >= 0.6 is 0 Å². The van der Waals surface area contributed by atoms with Gasteiger partial charge < -0.3 is 9.25 Å². The van der Waals surface area contributed by atoms with E-state index in [0.717, 1.165) is 37.5 Å². The van der Waals surface area contributed by atoms with Gasteiger partial charge >= 0.3 is 11.9 Å². The molecule has 0 radical (unpaired) electrons. The van der Waals surface area contributed by atoms with Gasteiger partial charge in [0, 0.05) is 10.8 Å². The van der Waals surface area contributed by atoms with Crippen LogP contribution in [0.15, 0.2) is 34.9 Å². The van der Waals surface area contributed by atoms with Crippen molar-refractivity contribution in [1.29, 1.82) is 0 Å². The van der Waals surface area contributed by atoms with E-state index in [2.05, 4.69) is 5.48 Å². The molecule has 110 valence electrons. The Kier molecular flexibility index (Phi) is 3.90. The van der Waals surface area contributed by atoms with Gasteiger partial charge in [-0.1, -0.05) is 43.5 Å². The zero-order valence-corrected chi connectivity index (χ0v) is 11.6. The highest BCUT2D eigenvalue weighted by Crippen LogP contribution is 2.24. The molecule has 5 nitrogen and oxygen atoms in total. The molecular formula is C16H17NO4. The van der Waals surface area contributed by atoms with Crippen LogP contribution in [0.4, 0.5) is 0 Å². The van der Waals surface area contributed by atoms with E-state index >= 15 is 0 Å². The number of hydrogen-bond acceptors (Lipinski definition) is 4. The maximum Gasteiger partial charge on any atom is 0.335 e. The van der Waals surface area contributed by atoms with Gasteiger partial charge in [0.2, 0.25) is 5.76 Å². The Morgan fingerprint density at radius 2 is 1.90 bits per heavy atom. The number of nitrogens with one attached hydrogen (secondary N) is 1. The maximum atomic E-state index is 12.0. The average Bonchev–Trinajstić information content (AvgIpc) is 2.97. The first kappa shape index (κ1) is 13.7. The highest BCUT2D eigenvalue weighted by molar-refractivity contribution is 6.04. The molecule has 0 saturated heterocycles. The summed E-state index contributed by atoms with van der Waals surface area (Å²) in [4.78, 5) is 28.8. The first-order valence-electron chi connectivity index (χ1n) is 7.23. The van der Waals surface area contributed by atoms with Crippen molar-refractivity contribution in [2.75, 3.05) is 0 Å². The molecule has 3 rings (SSSR count). The second-order valence-corrected chi connectivity index (χ2v) is 5.34. The fourth-order valence-corrected chi connectivity index (χ4v) is 2.73. The number of rotatable bonds is 2. The lowest BCUT2D eigenvalue weighted by molar-refractivity contribution is -0.155. The molecule has 1 fully saturated rings. The number of hydrogen-bond donors (Lipinski definition) is 1. The third kappa shape index (κ3) is 2.91. The van der Waals surface area contributed by atoms with Crippen molar-refractivity contribution in [3.05, 3.63) is 36.3 Å². The summed E-state index contributed by atoms with van der Waals surface area (Å²) in [6.45, 7) is 0. The number of carbonyl (C=O) groups excluding carboxylic acids is 2. The van der Waals surface area contributed by atoms with Crippen molar-refractivity contribution in [2.45, 2.75) is 32.1 Å². The summed E-state index contributed by atoms with van der Waals surface area (Å²) in [5.74, 6) is -0.853. The Bertz CT molecular complexity index is 655. The molecule has 1 aliphatic carbocycles. The number of carbonyl (C=O) groups is 2. The highest BCUT2D eigenvalue weighted by atomic mass is 16.7. The van der Waals surface area contributed by atoms with Crippen LogP contribution < -0.4 is 5.48 Å². The van der Waals surface area contributed by atoms with E-state index in [1.165, 1.54) is 6.26 Å². The molecule has 1 aromatic carbocycles. The van der Waals surface area contributed by atoms with Gasteiger partial charge in [0.15, 0.2) is 0 Å². The molecule has 5 heteroatoms. The van der Waals surface area contributed by atoms with Crippen molar-refractivity contribution in [3.63, 3.8) is 0 Å². The lowest BCUT2D eigenvalue weighted by atomic mass is 9.89. The molecule has 0 atom stereocenters. The van der Waals surface area contributed by atoms with E-state index in [4.69, 9.17) is 9.25 Å². The zero-order valence-electron chi connectivity index (χ0n) is 11.6. The lowest BCUT2D eigenvalue weighted by Crippen LogP contribution is -2.31. The largest absolute Gasteiger partial charge is 0.458 e. The summed E-state index contributed by atoms with van der Waals surface area (Å²) in [6, 6.07) is 7.33. The van der Waals surface area contributed by atoms with E-state index in [1.54, 1.807) is 6.07 Å². The van der Waals surface area contributed by atoms with Gasteiger partial charge in [-0.2, -0.15) is 5.48 Å². The van der Waals surface area contributed by atoms with Crippen LogP contribution in [0.25, 0.3) is 10.8 Å². The van der Waals surface area contributed by atoms with Crippen LogP contribution in [0.2, 0.25) is 0 Å². The predicted octanol–water partition coefficient (Wildman–Crippen LogP) is 3.20. The second kappa shape index (κ2) is 5.99. The van der Waals surface area contributed by atoms with Crippen LogP contribution in [-0.4, -0.2) is 11.9 Å². The molecule has 1 saturated carbocycles. The molecule has 2 aromatic rings. The maximum absolute atomic E-state index is 12.0. The second-order valence-electron chi connectivity index (χ2n) is 5.34. The van der Waals surface area contributed by atoms with Gasteiger partial charge in [-0.15, -0.1) is 0 Å². The van der Waals surface area contributed by atoms with Crippen LogP contribution in [0, 0.1) is 5.92 Å². The third-order valence-corrected chi connectivity index (χ3v) is 3.90. The molecule has 1 amide bonds. The molecule has 1 aromatic heterocycles. The molecule has 1 aliphatic rings. The van der Waals surface area contributed by atoms with Gasteiger partial charge in [-0.05, 0) is 12.8 Å². The normalized spacial score (nSPS) is 15.8. The molecule has 0 spiro atoms. The highest BCUT2D eigenvalue weighted by Gasteiger charge is 2.24. The summed E-state index contributed by atoms with van der Waals surface area (Å²) < 4.78 is 5.25. The minimum Gasteiger partial charge on any atom is -0.458 e. The summed E-state index contributed by atoms with van der Waals surface area (Å²) in [5, 5.41) is 1.53. The topological polar surface area (TPSA) is 68.5 Å². The van der Waals surface area contributed by atoms with Crippen molar-refractivity contribution in [3.8, 4) is 0 Å². The number of amides is 1. The molecule has 21 heavy (non-hydrogen) atoms. The number of fused-ring (bicyclic) bond motifs is 1. The zero-order chi connectivity index (χ0) is 14.7. The van der Waals surface area contributed by atoms with Gasteiger partial charge in [0.1, 0.15) is 0 Å².